The first kappa shape index (κ1) is 16.0. The molecule has 0 aromatic rings. The number of carboxylic acid groups (broad SMARTS) is 1. The standard InChI is InChI=1S/C14H26N2O3/c1-10(2)12(13(18)19)16-11(17)9-14(15-3)7-5-4-6-8-14/h10,12,15H,4-9H2,1-3H3,(H,16,17)(H,18,19)/t12-/m0/s1. The molecule has 1 fully saturated rings. The summed E-state index contributed by atoms with van der Waals surface area (Å²) in [7, 11) is 1.88. The molecule has 110 valence electrons. The third kappa shape index (κ3) is 4.49. The molecule has 1 atom stereocenters. The molecule has 0 aromatic heterocycles. The molecule has 0 spiro atoms. The van der Waals surface area contributed by atoms with Gasteiger partial charge in [0.15, 0.2) is 0 Å². The summed E-state index contributed by atoms with van der Waals surface area (Å²) < 4.78 is 0. The average Bonchev–Trinajstić information content (AvgIpc) is 2.36. The van der Waals surface area contributed by atoms with E-state index in [1.807, 2.05) is 7.05 Å². The van der Waals surface area contributed by atoms with Crippen molar-refractivity contribution in [2.75, 3.05) is 7.05 Å². The van der Waals surface area contributed by atoms with Gasteiger partial charge in [-0.25, -0.2) is 4.79 Å². The van der Waals surface area contributed by atoms with Crippen molar-refractivity contribution in [1.29, 1.82) is 0 Å². The SMILES string of the molecule is CNC1(CC(=O)N[C@H](C(=O)O)C(C)C)CCCCC1. The van der Waals surface area contributed by atoms with Crippen molar-refractivity contribution in [2.45, 2.75) is 64.0 Å². The van der Waals surface area contributed by atoms with Crippen LogP contribution in [0.4, 0.5) is 0 Å². The van der Waals surface area contributed by atoms with E-state index in [1.54, 1.807) is 13.8 Å². The van der Waals surface area contributed by atoms with E-state index in [-0.39, 0.29) is 17.4 Å². The summed E-state index contributed by atoms with van der Waals surface area (Å²) in [5.41, 5.74) is -0.150. The largest absolute Gasteiger partial charge is 0.480 e. The lowest BCUT2D eigenvalue weighted by Gasteiger charge is -2.37. The highest BCUT2D eigenvalue weighted by atomic mass is 16.4. The number of carbonyl (C=O) groups is 2. The molecule has 1 aliphatic rings. The Morgan fingerprint density at radius 3 is 2.21 bits per heavy atom. The van der Waals surface area contributed by atoms with Gasteiger partial charge in [0.2, 0.25) is 5.91 Å². The molecule has 0 aromatic carbocycles. The van der Waals surface area contributed by atoms with Crippen LogP contribution in [0.2, 0.25) is 0 Å². The van der Waals surface area contributed by atoms with Gasteiger partial charge in [-0.05, 0) is 25.8 Å². The van der Waals surface area contributed by atoms with Crippen LogP contribution in [0.5, 0.6) is 0 Å². The van der Waals surface area contributed by atoms with E-state index < -0.39 is 12.0 Å². The fraction of sp³-hybridized carbons (Fsp3) is 0.857. The minimum absolute atomic E-state index is 0.113. The van der Waals surface area contributed by atoms with Gasteiger partial charge in [-0.1, -0.05) is 33.1 Å². The van der Waals surface area contributed by atoms with Crippen molar-refractivity contribution in [3.63, 3.8) is 0 Å². The zero-order valence-electron chi connectivity index (χ0n) is 12.2. The predicted octanol–water partition coefficient (Wildman–Crippen LogP) is 1.52. The van der Waals surface area contributed by atoms with E-state index in [2.05, 4.69) is 10.6 Å². The monoisotopic (exact) mass is 270 g/mol. The summed E-state index contributed by atoms with van der Waals surface area (Å²) in [4.78, 5) is 23.2. The third-order valence-corrected chi connectivity index (χ3v) is 4.09. The zero-order chi connectivity index (χ0) is 14.5. The number of aliphatic carboxylic acids is 1. The number of carbonyl (C=O) groups excluding carboxylic acids is 1. The van der Waals surface area contributed by atoms with Crippen LogP contribution in [0.3, 0.4) is 0 Å². The maximum Gasteiger partial charge on any atom is 0.326 e. The predicted molar refractivity (Wildman–Crippen MR) is 73.9 cm³/mol. The number of rotatable bonds is 6. The average molecular weight is 270 g/mol. The fourth-order valence-electron chi connectivity index (χ4n) is 2.79. The Morgan fingerprint density at radius 1 is 1.21 bits per heavy atom. The topological polar surface area (TPSA) is 78.4 Å². The smallest absolute Gasteiger partial charge is 0.326 e. The van der Waals surface area contributed by atoms with E-state index in [4.69, 9.17) is 5.11 Å². The molecule has 1 saturated carbocycles. The van der Waals surface area contributed by atoms with E-state index >= 15 is 0 Å². The second-order valence-electron chi connectivity index (χ2n) is 5.90. The summed E-state index contributed by atoms with van der Waals surface area (Å²) in [6, 6.07) is -0.801. The highest BCUT2D eigenvalue weighted by Gasteiger charge is 2.34. The maximum atomic E-state index is 12.1. The van der Waals surface area contributed by atoms with Crippen LogP contribution in [0.15, 0.2) is 0 Å². The Balaban J connectivity index is 2.59. The maximum absolute atomic E-state index is 12.1. The van der Waals surface area contributed by atoms with E-state index in [9.17, 15) is 9.59 Å². The molecular weight excluding hydrogens is 244 g/mol. The second kappa shape index (κ2) is 6.89. The van der Waals surface area contributed by atoms with Crippen molar-refractivity contribution >= 4 is 11.9 Å². The first-order valence-electron chi connectivity index (χ1n) is 7.11. The molecule has 3 N–H and O–H groups in total. The van der Waals surface area contributed by atoms with E-state index in [0.717, 1.165) is 25.7 Å². The summed E-state index contributed by atoms with van der Waals surface area (Å²) in [5, 5.41) is 15.0. The van der Waals surface area contributed by atoms with Crippen molar-refractivity contribution in [1.82, 2.24) is 10.6 Å². The van der Waals surface area contributed by atoms with Gasteiger partial charge in [-0.2, -0.15) is 0 Å². The molecule has 19 heavy (non-hydrogen) atoms. The molecule has 0 saturated heterocycles. The Morgan fingerprint density at radius 2 is 1.79 bits per heavy atom. The van der Waals surface area contributed by atoms with Gasteiger partial charge in [-0.3, -0.25) is 4.79 Å². The minimum Gasteiger partial charge on any atom is -0.480 e. The van der Waals surface area contributed by atoms with Crippen molar-refractivity contribution < 1.29 is 14.7 Å². The fourth-order valence-corrected chi connectivity index (χ4v) is 2.79. The first-order chi connectivity index (χ1) is 8.90. The highest BCUT2D eigenvalue weighted by Crippen LogP contribution is 2.30. The van der Waals surface area contributed by atoms with Crippen LogP contribution < -0.4 is 10.6 Å². The summed E-state index contributed by atoms with van der Waals surface area (Å²) in [6.07, 6.45) is 5.79. The second-order valence-corrected chi connectivity index (χ2v) is 5.90. The number of amides is 1. The minimum atomic E-state index is -0.967. The highest BCUT2D eigenvalue weighted by molar-refractivity contribution is 5.84. The summed E-state index contributed by atoms with van der Waals surface area (Å²) in [6.45, 7) is 3.60. The quantitative estimate of drug-likeness (QED) is 0.684. The van der Waals surface area contributed by atoms with Crippen molar-refractivity contribution in [3.05, 3.63) is 0 Å². The Hall–Kier alpha value is -1.10. The normalized spacial score (nSPS) is 20.0. The first-order valence-corrected chi connectivity index (χ1v) is 7.11. The molecule has 1 aliphatic carbocycles. The lowest BCUT2D eigenvalue weighted by molar-refractivity contribution is -0.143. The molecule has 0 unspecified atom stereocenters. The lowest BCUT2D eigenvalue weighted by Crippen LogP contribution is -2.51. The van der Waals surface area contributed by atoms with Gasteiger partial charge in [-0.15, -0.1) is 0 Å². The summed E-state index contributed by atoms with van der Waals surface area (Å²) in [5.74, 6) is -1.25. The number of nitrogens with one attached hydrogen (secondary N) is 2. The molecule has 1 amide bonds. The van der Waals surface area contributed by atoms with Crippen LogP contribution in [-0.2, 0) is 9.59 Å². The third-order valence-electron chi connectivity index (χ3n) is 4.09. The van der Waals surface area contributed by atoms with Crippen LogP contribution in [0.1, 0.15) is 52.4 Å². The van der Waals surface area contributed by atoms with E-state index in [1.165, 1.54) is 6.42 Å². The number of hydrogen-bond acceptors (Lipinski definition) is 3. The Bertz CT molecular complexity index is 323. The Kier molecular flexibility index (Phi) is 5.79. The zero-order valence-corrected chi connectivity index (χ0v) is 12.2. The van der Waals surface area contributed by atoms with Gasteiger partial charge in [0.05, 0.1) is 0 Å². The molecule has 0 radical (unpaired) electrons. The van der Waals surface area contributed by atoms with Gasteiger partial charge < -0.3 is 15.7 Å². The van der Waals surface area contributed by atoms with E-state index in [0.29, 0.717) is 6.42 Å². The number of carboxylic acids is 1. The van der Waals surface area contributed by atoms with Crippen molar-refractivity contribution in [2.24, 2.45) is 5.92 Å². The van der Waals surface area contributed by atoms with Crippen LogP contribution in [0, 0.1) is 5.92 Å². The Labute approximate surface area is 115 Å². The lowest BCUT2D eigenvalue weighted by atomic mass is 9.79. The van der Waals surface area contributed by atoms with Gasteiger partial charge in [0.1, 0.15) is 6.04 Å². The van der Waals surface area contributed by atoms with Crippen LogP contribution >= 0.6 is 0 Å². The molecule has 0 aliphatic heterocycles. The van der Waals surface area contributed by atoms with Crippen molar-refractivity contribution in [3.8, 4) is 0 Å². The van der Waals surface area contributed by atoms with Gasteiger partial charge >= 0.3 is 5.97 Å². The van der Waals surface area contributed by atoms with Crippen LogP contribution in [-0.4, -0.2) is 35.6 Å². The van der Waals surface area contributed by atoms with Gasteiger partial charge in [0, 0.05) is 12.0 Å². The molecule has 0 heterocycles. The summed E-state index contributed by atoms with van der Waals surface area (Å²) >= 11 is 0. The van der Waals surface area contributed by atoms with Gasteiger partial charge in [0.25, 0.3) is 0 Å². The molecule has 5 nitrogen and oxygen atoms in total. The molecule has 5 heteroatoms. The molecular formula is C14H26N2O3. The number of hydrogen-bond donors (Lipinski definition) is 3. The van der Waals surface area contributed by atoms with Crippen LogP contribution in [0.25, 0.3) is 0 Å². The molecule has 1 rings (SSSR count). The molecule has 0 bridgehead atoms.